The molecule has 6 heteroatoms. The fourth-order valence-corrected chi connectivity index (χ4v) is 1.38. The fourth-order valence-electron chi connectivity index (χ4n) is 1.38. The first-order valence-corrected chi connectivity index (χ1v) is 4.76. The molecule has 2 aromatic rings. The maximum atomic E-state index is 10.8. The normalized spacial score (nSPS) is 10.6. The summed E-state index contributed by atoms with van der Waals surface area (Å²) < 4.78 is 6.70. The number of carbonyl (C=O) groups is 1. The van der Waals surface area contributed by atoms with E-state index in [0.29, 0.717) is 5.89 Å². The molecule has 0 aromatic carbocycles. The van der Waals surface area contributed by atoms with E-state index >= 15 is 0 Å². The maximum Gasteiger partial charge on any atom is 0.354 e. The Hall–Kier alpha value is -2.11. The molecule has 0 aliphatic carbocycles. The molecule has 0 unspecified atom stereocenters. The van der Waals surface area contributed by atoms with E-state index in [2.05, 4.69) is 10.1 Å². The van der Waals surface area contributed by atoms with Crippen molar-refractivity contribution >= 4 is 5.97 Å². The van der Waals surface area contributed by atoms with E-state index in [9.17, 15) is 4.79 Å². The van der Waals surface area contributed by atoms with Gasteiger partial charge >= 0.3 is 5.97 Å². The van der Waals surface area contributed by atoms with Gasteiger partial charge in [-0.1, -0.05) is 0 Å². The van der Waals surface area contributed by atoms with E-state index in [4.69, 9.17) is 9.52 Å². The van der Waals surface area contributed by atoms with Crippen LogP contribution >= 0.6 is 0 Å². The number of aryl methyl sites for hydroxylation is 2. The number of oxazole rings is 1. The van der Waals surface area contributed by atoms with Crippen LogP contribution in [0.5, 0.6) is 0 Å². The lowest BCUT2D eigenvalue weighted by Crippen LogP contribution is -2.10. The molecule has 0 spiro atoms. The molecule has 0 radical (unpaired) electrons. The molecule has 16 heavy (non-hydrogen) atoms. The van der Waals surface area contributed by atoms with Gasteiger partial charge in [-0.05, 0) is 19.9 Å². The second kappa shape index (κ2) is 3.80. The van der Waals surface area contributed by atoms with E-state index < -0.39 is 5.97 Å². The van der Waals surface area contributed by atoms with Crippen LogP contribution in [0.2, 0.25) is 0 Å². The van der Waals surface area contributed by atoms with Gasteiger partial charge in [0, 0.05) is 6.20 Å². The van der Waals surface area contributed by atoms with E-state index in [1.54, 1.807) is 0 Å². The van der Waals surface area contributed by atoms with Crippen LogP contribution in [0.25, 0.3) is 0 Å². The van der Waals surface area contributed by atoms with Crippen LogP contribution < -0.4 is 0 Å². The average molecular weight is 221 g/mol. The number of hydrogen-bond donors (Lipinski definition) is 1. The maximum absolute atomic E-state index is 10.8. The van der Waals surface area contributed by atoms with Crippen molar-refractivity contribution in [1.82, 2.24) is 14.8 Å². The smallest absolute Gasteiger partial charge is 0.354 e. The quantitative estimate of drug-likeness (QED) is 0.843. The van der Waals surface area contributed by atoms with Crippen molar-refractivity contribution in [3.05, 3.63) is 35.3 Å². The summed E-state index contributed by atoms with van der Waals surface area (Å²) in [5.41, 5.74) is 0.924. The summed E-state index contributed by atoms with van der Waals surface area (Å²) in [6.07, 6.45) is 1.44. The molecule has 0 bridgehead atoms. The lowest BCUT2D eigenvalue weighted by atomic mass is 10.4. The molecule has 2 aromatic heterocycles. The molecule has 2 rings (SSSR count). The number of hydrogen-bond acceptors (Lipinski definition) is 4. The van der Waals surface area contributed by atoms with Crippen LogP contribution in [0.1, 0.15) is 27.8 Å². The summed E-state index contributed by atoms with van der Waals surface area (Å²) in [6, 6.07) is 1.44. The standard InChI is InChI=1S/C10H11N3O3/c1-6-7(2)16-9(12-6)5-13-8(10(14)15)3-4-11-13/h3-4H,5H2,1-2H3,(H,14,15). The fraction of sp³-hybridized carbons (Fsp3) is 0.300. The molecule has 0 saturated carbocycles. The summed E-state index contributed by atoms with van der Waals surface area (Å²) in [7, 11) is 0. The highest BCUT2D eigenvalue weighted by Crippen LogP contribution is 2.10. The number of aromatic nitrogens is 3. The zero-order valence-corrected chi connectivity index (χ0v) is 8.97. The van der Waals surface area contributed by atoms with Crippen LogP contribution in [0.15, 0.2) is 16.7 Å². The van der Waals surface area contributed by atoms with Gasteiger partial charge in [-0.2, -0.15) is 5.10 Å². The third kappa shape index (κ3) is 1.81. The number of rotatable bonds is 3. The molecule has 0 atom stereocenters. The monoisotopic (exact) mass is 221 g/mol. The van der Waals surface area contributed by atoms with Gasteiger partial charge in [0.05, 0.1) is 5.69 Å². The van der Waals surface area contributed by atoms with Gasteiger partial charge < -0.3 is 9.52 Å². The Morgan fingerprint density at radius 2 is 2.31 bits per heavy atom. The van der Waals surface area contributed by atoms with Gasteiger partial charge in [-0.15, -0.1) is 0 Å². The average Bonchev–Trinajstić information content (AvgIpc) is 2.75. The third-order valence-electron chi connectivity index (χ3n) is 2.29. The van der Waals surface area contributed by atoms with Crippen molar-refractivity contribution in [2.75, 3.05) is 0 Å². The lowest BCUT2D eigenvalue weighted by molar-refractivity contribution is 0.0683. The molecule has 0 aliphatic heterocycles. The Bertz CT molecular complexity index is 508. The van der Waals surface area contributed by atoms with Crippen LogP contribution in [0.3, 0.4) is 0 Å². The van der Waals surface area contributed by atoms with Gasteiger partial charge in [0.2, 0.25) is 5.89 Å². The number of carboxylic acid groups (broad SMARTS) is 1. The first-order chi connectivity index (χ1) is 7.58. The zero-order chi connectivity index (χ0) is 11.7. The Morgan fingerprint density at radius 3 is 2.88 bits per heavy atom. The number of nitrogens with zero attached hydrogens (tertiary/aromatic N) is 3. The van der Waals surface area contributed by atoms with Crippen LogP contribution in [0.4, 0.5) is 0 Å². The molecule has 1 N–H and O–H groups in total. The first-order valence-electron chi connectivity index (χ1n) is 4.76. The van der Waals surface area contributed by atoms with Crippen molar-refractivity contribution in [3.8, 4) is 0 Å². The Morgan fingerprint density at radius 1 is 1.56 bits per heavy atom. The van der Waals surface area contributed by atoms with Gasteiger partial charge in [0.15, 0.2) is 0 Å². The van der Waals surface area contributed by atoms with Crippen LogP contribution in [0, 0.1) is 13.8 Å². The second-order valence-electron chi connectivity index (χ2n) is 3.43. The predicted octanol–water partition coefficient (Wildman–Crippen LogP) is 1.23. The van der Waals surface area contributed by atoms with E-state index in [1.165, 1.54) is 16.9 Å². The molecule has 0 saturated heterocycles. The minimum atomic E-state index is -1.02. The highest BCUT2D eigenvalue weighted by atomic mass is 16.4. The first kappa shape index (κ1) is 10.4. The molecular formula is C10H11N3O3. The van der Waals surface area contributed by atoms with Crippen molar-refractivity contribution in [3.63, 3.8) is 0 Å². The summed E-state index contributed by atoms with van der Waals surface area (Å²) in [5, 5.41) is 12.8. The van der Waals surface area contributed by atoms with E-state index in [0.717, 1.165) is 11.5 Å². The molecule has 84 valence electrons. The zero-order valence-electron chi connectivity index (χ0n) is 8.97. The summed E-state index contributed by atoms with van der Waals surface area (Å²) >= 11 is 0. The van der Waals surface area contributed by atoms with E-state index in [1.807, 2.05) is 13.8 Å². The highest BCUT2D eigenvalue weighted by molar-refractivity contribution is 5.85. The largest absolute Gasteiger partial charge is 0.477 e. The van der Waals surface area contributed by atoms with Crippen LogP contribution in [-0.4, -0.2) is 25.8 Å². The van der Waals surface area contributed by atoms with E-state index in [-0.39, 0.29) is 12.2 Å². The molecule has 2 heterocycles. The topological polar surface area (TPSA) is 81.2 Å². The summed E-state index contributed by atoms with van der Waals surface area (Å²) in [4.78, 5) is 15.0. The summed E-state index contributed by atoms with van der Waals surface area (Å²) in [6.45, 7) is 3.87. The minimum Gasteiger partial charge on any atom is -0.477 e. The highest BCUT2D eigenvalue weighted by Gasteiger charge is 2.13. The molecular weight excluding hydrogens is 210 g/mol. The SMILES string of the molecule is Cc1nc(Cn2nccc2C(=O)O)oc1C. The van der Waals surface area contributed by atoms with Gasteiger partial charge in [0.1, 0.15) is 18.0 Å². The van der Waals surface area contributed by atoms with Crippen molar-refractivity contribution in [2.45, 2.75) is 20.4 Å². The Balaban J connectivity index is 2.27. The van der Waals surface area contributed by atoms with Crippen molar-refractivity contribution < 1.29 is 14.3 Å². The molecule has 6 nitrogen and oxygen atoms in total. The van der Waals surface area contributed by atoms with Crippen molar-refractivity contribution in [2.24, 2.45) is 0 Å². The van der Waals surface area contributed by atoms with Gasteiger partial charge in [0.25, 0.3) is 0 Å². The Kier molecular flexibility index (Phi) is 2.47. The number of carboxylic acids is 1. The predicted molar refractivity (Wildman–Crippen MR) is 54.3 cm³/mol. The lowest BCUT2D eigenvalue weighted by Gasteiger charge is -2.00. The summed E-state index contributed by atoms with van der Waals surface area (Å²) in [5.74, 6) is 0.178. The molecule has 0 amide bonds. The Labute approximate surface area is 91.5 Å². The number of aromatic carboxylic acids is 1. The second-order valence-corrected chi connectivity index (χ2v) is 3.43. The minimum absolute atomic E-state index is 0.119. The van der Waals surface area contributed by atoms with Gasteiger partial charge in [-0.3, -0.25) is 0 Å². The molecule has 0 aliphatic rings. The van der Waals surface area contributed by atoms with Crippen LogP contribution in [-0.2, 0) is 6.54 Å². The van der Waals surface area contributed by atoms with Gasteiger partial charge in [-0.25, -0.2) is 14.5 Å². The van der Waals surface area contributed by atoms with Crippen molar-refractivity contribution in [1.29, 1.82) is 0 Å². The third-order valence-corrected chi connectivity index (χ3v) is 2.29. The molecule has 0 fully saturated rings.